The van der Waals surface area contributed by atoms with Crippen molar-refractivity contribution in [3.63, 3.8) is 0 Å². The van der Waals surface area contributed by atoms with E-state index >= 15 is 0 Å². The topological polar surface area (TPSA) is 33.9 Å². The third-order valence-electron chi connectivity index (χ3n) is 5.12. The molecule has 1 aliphatic heterocycles. The average Bonchev–Trinajstić information content (AvgIpc) is 2.58. The van der Waals surface area contributed by atoms with Crippen molar-refractivity contribution in [1.29, 1.82) is 0 Å². The molecule has 2 aromatic carbocycles. The lowest BCUT2D eigenvalue weighted by atomic mass is 10.00. The monoisotopic (exact) mass is 326 g/mol. The standard InChI is InChI=1S/C21H27NO2/c1-15-8-9-16(2)21(17(15)3)24-14-20(23)13-22-11-10-18-6-4-5-7-19(18)12-22/h4-9,20,23H,10-14H2,1-3H3/p+1/t20-/m0/s1. The molecule has 1 aliphatic rings. The Morgan fingerprint density at radius 3 is 2.54 bits per heavy atom. The van der Waals surface area contributed by atoms with Crippen LogP contribution < -0.4 is 9.64 Å². The van der Waals surface area contributed by atoms with Gasteiger partial charge in [-0.2, -0.15) is 0 Å². The second kappa shape index (κ2) is 7.37. The zero-order valence-electron chi connectivity index (χ0n) is 14.9. The molecule has 2 atom stereocenters. The van der Waals surface area contributed by atoms with Crippen molar-refractivity contribution in [1.82, 2.24) is 0 Å². The van der Waals surface area contributed by atoms with Crippen molar-refractivity contribution in [3.8, 4) is 5.75 Å². The lowest BCUT2D eigenvalue weighted by Crippen LogP contribution is -3.13. The molecule has 1 unspecified atom stereocenters. The highest BCUT2D eigenvalue weighted by atomic mass is 16.5. The first-order chi connectivity index (χ1) is 11.5. The van der Waals surface area contributed by atoms with Gasteiger partial charge in [0.15, 0.2) is 0 Å². The van der Waals surface area contributed by atoms with Gasteiger partial charge >= 0.3 is 0 Å². The van der Waals surface area contributed by atoms with Crippen LogP contribution in [0.25, 0.3) is 0 Å². The predicted octanol–water partition coefficient (Wildman–Crippen LogP) is 1.99. The van der Waals surface area contributed by atoms with Gasteiger partial charge in [-0.05, 0) is 43.0 Å². The Hall–Kier alpha value is -1.84. The third-order valence-corrected chi connectivity index (χ3v) is 5.12. The van der Waals surface area contributed by atoms with E-state index < -0.39 is 6.10 Å². The van der Waals surface area contributed by atoms with Gasteiger partial charge in [-0.3, -0.25) is 0 Å². The van der Waals surface area contributed by atoms with E-state index in [1.807, 2.05) is 0 Å². The predicted molar refractivity (Wildman–Crippen MR) is 96.7 cm³/mol. The molecule has 3 rings (SSSR count). The average molecular weight is 326 g/mol. The third kappa shape index (κ3) is 3.80. The fraction of sp³-hybridized carbons (Fsp3) is 0.429. The largest absolute Gasteiger partial charge is 0.490 e. The van der Waals surface area contributed by atoms with Crippen molar-refractivity contribution in [3.05, 3.63) is 64.2 Å². The number of aliphatic hydroxyl groups is 1. The van der Waals surface area contributed by atoms with Crippen LogP contribution in [0.2, 0.25) is 0 Å². The molecule has 1 heterocycles. The summed E-state index contributed by atoms with van der Waals surface area (Å²) in [4.78, 5) is 1.43. The molecule has 128 valence electrons. The summed E-state index contributed by atoms with van der Waals surface area (Å²) in [5, 5.41) is 10.4. The molecule has 0 radical (unpaired) electrons. The van der Waals surface area contributed by atoms with Crippen LogP contribution in [0, 0.1) is 20.8 Å². The van der Waals surface area contributed by atoms with Gasteiger partial charge < -0.3 is 14.7 Å². The molecular formula is C21H28NO2+. The Morgan fingerprint density at radius 2 is 1.75 bits per heavy atom. The van der Waals surface area contributed by atoms with E-state index in [4.69, 9.17) is 4.74 Å². The second-order valence-electron chi connectivity index (χ2n) is 7.02. The van der Waals surface area contributed by atoms with Crippen molar-refractivity contribution < 1.29 is 14.7 Å². The first kappa shape index (κ1) is 17.0. The molecule has 2 N–H and O–H groups in total. The number of nitrogens with one attached hydrogen (secondary N) is 1. The van der Waals surface area contributed by atoms with Gasteiger partial charge in [-0.25, -0.2) is 0 Å². The molecule has 0 aromatic heterocycles. The highest BCUT2D eigenvalue weighted by Crippen LogP contribution is 2.25. The van der Waals surface area contributed by atoms with Crippen LogP contribution >= 0.6 is 0 Å². The van der Waals surface area contributed by atoms with Crippen LogP contribution in [0.5, 0.6) is 5.75 Å². The van der Waals surface area contributed by atoms with E-state index in [9.17, 15) is 5.11 Å². The van der Waals surface area contributed by atoms with Crippen LogP contribution in [0.4, 0.5) is 0 Å². The number of hydrogen-bond donors (Lipinski definition) is 2. The van der Waals surface area contributed by atoms with Gasteiger partial charge in [-0.1, -0.05) is 36.4 Å². The maximum atomic E-state index is 10.4. The van der Waals surface area contributed by atoms with Crippen LogP contribution in [-0.4, -0.2) is 30.9 Å². The first-order valence-electron chi connectivity index (χ1n) is 8.82. The number of hydrogen-bond acceptors (Lipinski definition) is 2. The number of aryl methyl sites for hydroxylation is 2. The Morgan fingerprint density at radius 1 is 1.04 bits per heavy atom. The van der Waals surface area contributed by atoms with Gasteiger partial charge in [-0.15, -0.1) is 0 Å². The zero-order valence-corrected chi connectivity index (χ0v) is 14.9. The summed E-state index contributed by atoms with van der Waals surface area (Å²) in [6.07, 6.45) is 0.652. The summed E-state index contributed by atoms with van der Waals surface area (Å²) in [5.41, 5.74) is 6.39. The van der Waals surface area contributed by atoms with E-state index in [2.05, 4.69) is 57.2 Å². The van der Waals surface area contributed by atoms with Gasteiger partial charge in [0.2, 0.25) is 0 Å². The molecule has 0 saturated carbocycles. The molecule has 0 aliphatic carbocycles. The molecule has 0 saturated heterocycles. The van der Waals surface area contributed by atoms with Crippen molar-refractivity contribution in [2.75, 3.05) is 19.7 Å². The van der Waals surface area contributed by atoms with Crippen LogP contribution in [0.3, 0.4) is 0 Å². The summed E-state index contributed by atoms with van der Waals surface area (Å²) >= 11 is 0. The number of aliphatic hydroxyl groups excluding tert-OH is 1. The summed E-state index contributed by atoms with van der Waals surface area (Å²) in [5.74, 6) is 0.924. The molecule has 2 aromatic rings. The SMILES string of the molecule is Cc1ccc(C)c(OC[C@@H](O)C[NH+]2CCc3ccccc3C2)c1C. The van der Waals surface area contributed by atoms with Crippen molar-refractivity contribution in [2.24, 2.45) is 0 Å². The van der Waals surface area contributed by atoms with Crippen molar-refractivity contribution >= 4 is 0 Å². The lowest BCUT2D eigenvalue weighted by molar-refractivity contribution is -0.918. The van der Waals surface area contributed by atoms with Crippen LogP contribution in [0.1, 0.15) is 27.8 Å². The Labute approximate surface area is 144 Å². The van der Waals surface area contributed by atoms with Crippen LogP contribution in [-0.2, 0) is 13.0 Å². The zero-order chi connectivity index (χ0) is 17.1. The number of rotatable bonds is 5. The van der Waals surface area contributed by atoms with Gasteiger partial charge in [0.25, 0.3) is 0 Å². The van der Waals surface area contributed by atoms with Gasteiger partial charge in [0.05, 0.1) is 6.54 Å². The van der Waals surface area contributed by atoms with Gasteiger partial charge in [0.1, 0.15) is 31.5 Å². The summed E-state index contributed by atoms with van der Waals surface area (Å²) in [6, 6.07) is 12.8. The minimum absolute atomic E-state index is 0.357. The van der Waals surface area contributed by atoms with E-state index in [-0.39, 0.29) is 0 Å². The molecular weight excluding hydrogens is 298 g/mol. The fourth-order valence-corrected chi connectivity index (χ4v) is 3.54. The number of ether oxygens (including phenoxy) is 1. The minimum atomic E-state index is -0.440. The number of quaternary nitrogens is 1. The van der Waals surface area contributed by atoms with Crippen molar-refractivity contribution in [2.45, 2.75) is 39.8 Å². The second-order valence-corrected chi connectivity index (χ2v) is 7.02. The summed E-state index contributed by atoms with van der Waals surface area (Å²) in [7, 11) is 0. The normalized spacial score (nSPS) is 18.1. The molecule has 0 amide bonds. The lowest BCUT2D eigenvalue weighted by Gasteiger charge is -2.27. The quantitative estimate of drug-likeness (QED) is 0.881. The molecule has 0 spiro atoms. The van der Waals surface area contributed by atoms with Gasteiger partial charge in [0, 0.05) is 12.0 Å². The molecule has 24 heavy (non-hydrogen) atoms. The maximum absolute atomic E-state index is 10.4. The Bertz CT molecular complexity index is 711. The molecule has 0 fully saturated rings. The fourth-order valence-electron chi connectivity index (χ4n) is 3.54. The van der Waals surface area contributed by atoms with E-state index in [1.54, 1.807) is 0 Å². The number of fused-ring (bicyclic) bond motifs is 1. The van der Waals surface area contributed by atoms with E-state index in [0.29, 0.717) is 6.61 Å². The first-order valence-corrected chi connectivity index (χ1v) is 8.82. The highest BCUT2D eigenvalue weighted by molar-refractivity contribution is 5.44. The Balaban J connectivity index is 1.56. The minimum Gasteiger partial charge on any atom is -0.490 e. The number of benzene rings is 2. The smallest absolute Gasteiger partial charge is 0.137 e. The summed E-state index contributed by atoms with van der Waals surface area (Å²) in [6.45, 7) is 9.39. The molecule has 0 bridgehead atoms. The van der Waals surface area contributed by atoms with E-state index in [1.165, 1.54) is 27.2 Å². The summed E-state index contributed by atoms with van der Waals surface area (Å²) < 4.78 is 5.96. The molecule has 3 nitrogen and oxygen atoms in total. The Kier molecular flexibility index (Phi) is 5.22. The highest BCUT2D eigenvalue weighted by Gasteiger charge is 2.22. The molecule has 3 heteroatoms. The maximum Gasteiger partial charge on any atom is 0.137 e. The van der Waals surface area contributed by atoms with E-state index in [0.717, 1.165) is 37.4 Å². The van der Waals surface area contributed by atoms with Crippen LogP contribution in [0.15, 0.2) is 36.4 Å².